The minimum absolute atomic E-state index is 0.191. The Balaban J connectivity index is 2.52. The van der Waals surface area contributed by atoms with Crippen molar-refractivity contribution < 1.29 is 4.39 Å². The molecule has 18 heavy (non-hydrogen) atoms. The zero-order chi connectivity index (χ0) is 13.5. The highest BCUT2D eigenvalue weighted by molar-refractivity contribution is 9.10. The molecule has 1 nitrogen and oxygen atoms in total. The van der Waals surface area contributed by atoms with Gasteiger partial charge in [-0.25, -0.2) is 4.39 Å². The molecule has 0 radical (unpaired) electrons. The molecule has 1 N–H and O–H groups in total. The van der Waals surface area contributed by atoms with Crippen LogP contribution in [0.5, 0.6) is 0 Å². The van der Waals surface area contributed by atoms with Gasteiger partial charge in [-0.2, -0.15) is 0 Å². The molecule has 0 bridgehead atoms. The first-order valence-electron chi connectivity index (χ1n) is 6.70. The van der Waals surface area contributed by atoms with E-state index in [1.54, 1.807) is 0 Å². The number of halogens is 2. The van der Waals surface area contributed by atoms with Crippen molar-refractivity contribution in [3.63, 3.8) is 0 Å². The van der Waals surface area contributed by atoms with Crippen LogP contribution in [0.1, 0.15) is 39.2 Å². The molecule has 0 aromatic heterocycles. The number of rotatable bonds is 7. The van der Waals surface area contributed by atoms with Crippen LogP contribution in [0.25, 0.3) is 0 Å². The highest BCUT2D eigenvalue weighted by Gasteiger charge is 2.10. The second-order valence-electron chi connectivity index (χ2n) is 5.17. The largest absolute Gasteiger partial charge is 0.314 e. The fraction of sp³-hybridized carbons (Fsp3) is 0.600. The fourth-order valence-electron chi connectivity index (χ4n) is 2.20. The van der Waals surface area contributed by atoms with Crippen LogP contribution in [0, 0.1) is 11.7 Å². The molecule has 0 aliphatic heterocycles. The van der Waals surface area contributed by atoms with Gasteiger partial charge in [0.15, 0.2) is 0 Å². The first-order chi connectivity index (χ1) is 8.52. The van der Waals surface area contributed by atoms with Crippen LogP contribution in [0.2, 0.25) is 0 Å². The molecular weight excluding hydrogens is 293 g/mol. The summed E-state index contributed by atoms with van der Waals surface area (Å²) in [7, 11) is 0. The molecule has 1 aromatic carbocycles. The van der Waals surface area contributed by atoms with Gasteiger partial charge in [-0.15, -0.1) is 0 Å². The second-order valence-corrected chi connectivity index (χ2v) is 6.03. The zero-order valence-electron chi connectivity index (χ0n) is 11.5. The highest BCUT2D eigenvalue weighted by Crippen LogP contribution is 2.19. The molecule has 1 unspecified atom stereocenters. The van der Waals surface area contributed by atoms with Gasteiger partial charge in [-0.1, -0.05) is 26.8 Å². The van der Waals surface area contributed by atoms with E-state index in [-0.39, 0.29) is 5.82 Å². The third-order valence-corrected chi connectivity index (χ3v) is 3.62. The molecule has 0 aliphatic carbocycles. The molecule has 0 heterocycles. The van der Waals surface area contributed by atoms with Crippen LogP contribution < -0.4 is 5.32 Å². The van der Waals surface area contributed by atoms with Crippen molar-refractivity contribution in [2.45, 2.75) is 46.1 Å². The zero-order valence-corrected chi connectivity index (χ0v) is 13.1. The van der Waals surface area contributed by atoms with Gasteiger partial charge in [0.25, 0.3) is 0 Å². The SMILES string of the molecule is CCNC(CCc1ccc(F)c(Br)c1)CC(C)C. The lowest BCUT2D eigenvalue weighted by atomic mass is 9.97. The van der Waals surface area contributed by atoms with Gasteiger partial charge in [-0.05, 0) is 65.4 Å². The van der Waals surface area contributed by atoms with Gasteiger partial charge in [-0.3, -0.25) is 0 Å². The maximum Gasteiger partial charge on any atom is 0.137 e. The third kappa shape index (κ3) is 5.49. The Hall–Kier alpha value is -0.410. The van der Waals surface area contributed by atoms with E-state index in [0.717, 1.165) is 19.4 Å². The van der Waals surface area contributed by atoms with Crippen LogP contribution in [0.15, 0.2) is 22.7 Å². The van der Waals surface area contributed by atoms with Crippen molar-refractivity contribution in [1.82, 2.24) is 5.32 Å². The van der Waals surface area contributed by atoms with Gasteiger partial charge in [0, 0.05) is 6.04 Å². The molecule has 0 saturated carbocycles. The summed E-state index contributed by atoms with van der Waals surface area (Å²) < 4.78 is 13.7. The number of nitrogens with one attached hydrogen (secondary N) is 1. The fourth-order valence-corrected chi connectivity index (χ4v) is 2.62. The Morgan fingerprint density at radius 1 is 1.33 bits per heavy atom. The Kier molecular flexibility index (Phi) is 6.87. The van der Waals surface area contributed by atoms with E-state index in [1.165, 1.54) is 18.1 Å². The maximum absolute atomic E-state index is 13.1. The van der Waals surface area contributed by atoms with Crippen LogP contribution in [0.3, 0.4) is 0 Å². The number of aryl methyl sites for hydroxylation is 1. The van der Waals surface area contributed by atoms with Crippen molar-refractivity contribution in [2.24, 2.45) is 5.92 Å². The third-order valence-electron chi connectivity index (χ3n) is 3.01. The van der Waals surface area contributed by atoms with Crippen LogP contribution in [-0.2, 0) is 6.42 Å². The van der Waals surface area contributed by atoms with Crippen LogP contribution in [0.4, 0.5) is 4.39 Å². The Morgan fingerprint density at radius 3 is 2.61 bits per heavy atom. The van der Waals surface area contributed by atoms with E-state index >= 15 is 0 Å². The molecule has 102 valence electrons. The van der Waals surface area contributed by atoms with Crippen molar-refractivity contribution in [3.05, 3.63) is 34.1 Å². The van der Waals surface area contributed by atoms with E-state index < -0.39 is 0 Å². The summed E-state index contributed by atoms with van der Waals surface area (Å²) in [4.78, 5) is 0. The lowest BCUT2D eigenvalue weighted by Gasteiger charge is -2.20. The molecule has 1 atom stereocenters. The van der Waals surface area contributed by atoms with Gasteiger partial charge in [0.2, 0.25) is 0 Å². The van der Waals surface area contributed by atoms with Gasteiger partial charge >= 0.3 is 0 Å². The topological polar surface area (TPSA) is 12.0 Å². The predicted octanol–water partition coefficient (Wildman–Crippen LogP) is 4.55. The van der Waals surface area contributed by atoms with Crippen molar-refractivity contribution in [3.8, 4) is 0 Å². The molecule has 0 amide bonds. The smallest absolute Gasteiger partial charge is 0.137 e. The Morgan fingerprint density at radius 2 is 2.06 bits per heavy atom. The minimum atomic E-state index is -0.191. The van der Waals surface area contributed by atoms with E-state index in [1.807, 2.05) is 12.1 Å². The van der Waals surface area contributed by atoms with Crippen molar-refractivity contribution in [1.29, 1.82) is 0 Å². The van der Waals surface area contributed by atoms with E-state index in [4.69, 9.17) is 0 Å². The lowest BCUT2D eigenvalue weighted by Crippen LogP contribution is -2.30. The summed E-state index contributed by atoms with van der Waals surface area (Å²) in [6.45, 7) is 7.64. The molecule has 0 fully saturated rings. The van der Waals surface area contributed by atoms with Crippen molar-refractivity contribution in [2.75, 3.05) is 6.54 Å². The predicted molar refractivity (Wildman–Crippen MR) is 79.3 cm³/mol. The number of hydrogen-bond acceptors (Lipinski definition) is 1. The summed E-state index contributed by atoms with van der Waals surface area (Å²) in [6.07, 6.45) is 3.28. The van der Waals surface area contributed by atoms with Gasteiger partial charge < -0.3 is 5.32 Å². The molecular formula is C15H23BrFN. The van der Waals surface area contributed by atoms with Gasteiger partial charge in [0.05, 0.1) is 4.47 Å². The lowest BCUT2D eigenvalue weighted by molar-refractivity contribution is 0.405. The normalized spacial score (nSPS) is 13.0. The molecule has 0 spiro atoms. The van der Waals surface area contributed by atoms with Crippen molar-refractivity contribution >= 4 is 15.9 Å². The van der Waals surface area contributed by atoms with E-state index in [9.17, 15) is 4.39 Å². The minimum Gasteiger partial charge on any atom is -0.314 e. The average molecular weight is 316 g/mol. The average Bonchev–Trinajstić information content (AvgIpc) is 2.30. The first kappa shape index (κ1) is 15.6. The number of hydrogen-bond donors (Lipinski definition) is 1. The first-order valence-corrected chi connectivity index (χ1v) is 7.49. The summed E-state index contributed by atoms with van der Waals surface area (Å²) >= 11 is 3.23. The van der Waals surface area contributed by atoms with Crippen LogP contribution in [-0.4, -0.2) is 12.6 Å². The van der Waals surface area contributed by atoms with Crippen LogP contribution >= 0.6 is 15.9 Å². The quantitative estimate of drug-likeness (QED) is 0.778. The summed E-state index contributed by atoms with van der Waals surface area (Å²) in [6, 6.07) is 5.84. The number of benzene rings is 1. The monoisotopic (exact) mass is 315 g/mol. The van der Waals surface area contributed by atoms with E-state index in [2.05, 4.69) is 42.0 Å². The molecule has 3 heteroatoms. The van der Waals surface area contributed by atoms with E-state index in [0.29, 0.717) is 16.4 Å². The maximum atomic E-state index is 13.1. The summed E-state index contributed by atoms with van der Waals surface area (Å²) in [5, 5.41) is 3.52. The summed E-state index contributed by atoms with van der Waals surface area (Å²) in [5.41, 5.74) is 1.19. The molecule has 1 aromatic rings. The molecule has 1 rings (SSSR count). The standard InChI is InChI=1S/C15H23BrFN/c1-4-18-13(9-11(2)3)7-5-12-6-8-15(17)14(16)10-12/h6,8,10-11,13,18H,4-5,7,9H2,1-3H3. The highest BCUT2D eigenvalue weighted by atomic mass is 79.9. The Bertz CT molecular complexity index is 366. The summed E-state index contributed by atoms with van der Waals surface area (Å²) in [5.74, 6) is 0.512. The van der Waals surface area contributed by atoms with Gasteiger partial charge in [0.1, 0.15) is 5.82 Å². The molecule has 0 aliphatic rings. The second kappa shape index (κ2) is 7.90. The molecule has 0 saturated heterocycles. The Labute approximate surface area is 118 Å².